The highest BCUT2D eigenvalue weighted by atomic mass is 32.2. The number of hydrogen-bond acceptors (Lipinski definition) is 10. The van der Waals surface area contributed by atoms with Gasteiger partial charge in [0, 0.05) is 7.05 Å². The number of hydroxylamine groups is 1. The number of aryl methyl sites for hydroxylation is 1. The number of hydrogen-bond donors (Lipinski definition) is 5. The van der Waals surface area contributed by atoms with Crippen LogP contribution < -0.4 is 16.7 Å². The molecule has 1 unspecified atom stereocenters. The Bertz CT molecular complexity index is 1470. The molecule has 13 nitrogen and oxygen atoms in total. The van der Waals surface area contributed by atoms with Gasteiger partial charge in [-0.25, -0.2) is 11.3 Å². The number of ketones is 1. The fourth-order valence-corrected chi connectivity index (χ4v) is 5.90. The molecule has 0 spiro atoms. The zero-order chi connectivity index (χ0) is 34.5. The van der Waals surface area contributed by atoms with Crippen molar-refractivity contribution in [2.45, 2.75) is 64.3 Å². The van der Waals surface area contributed by atoms with Crippen molar-refractivity contribution < 1.29 is 32.6 Å². The van der Waals surface area contributed by atoms with E-state index in [0.717, 1.165) is 11.1 Å². The lowest BCUT2D eigenvalue weighted by atomic mass is 9.68. The van der Waals surface area contributed by atoms with Gasteiger partial charge in [-0.1, -0.05) is 87.4 Å². The normalized spacial score (nSPS) is 15.6. The van der Waals surface area contributed by atoms with Crippen LogP contribution in [0.4, 0.5) is 0 Å². The molecule has 0 aliphatic carbocycles. The van der Waals surface area contributed by atoms with Gasteiger partial charge >= 0.3 is 0 Å². The van der Waals surface area contributed by atoms with E-state index in [9.17, 15) is 28.0 Å². The van der Waals surface area contributed by atoms with Crippen LogP contribution in [0, 0.1) is 24.2 Å². The van der Waals surface area contributed by atoms with Crippen molar-refractivity contribution in [1.29, 1.82) is 0 Å². The number of amides is 2. The maximum Gasteiger partial charge on any atom is 0.294 e. The summed E-state index contributed by atoms with van der Waals surface area (Å²) in [6.45, 7) is 7.84. The molecule has 0 saturated carbocycles. The van der Waals surface area contributed by atoms with Gasteiger partial charge in [-0.3, -0.25) is 34.6 Å². The maximum atomic E-state index is 14.3. The second-order valence-corrected chi connectivity index (χ2v) is 13.1. The third kappa shape index (κ3) is 10.5. The van der Waals surface area contributed by atoms with E-state index >= 15 is 0 Å². The molecule has 14 heteroatoms. The van der Waals surface area contributed by atoms with E-state index in [1.165, 1.54) is 17.1 Å². The topological polar surface area (TPSA) is 195 Å². The molecular weight excluding hydrogens is 612 g/mol. The molecule has 3 atom stereocenters. The van der Waals surface area contributed by atoms with Crippen LogP contribution in [-0.2, 0) is 24.5 Å². The molecular formula is C32H46N6O7S. The molecule has 1 aliphatic rings. The number of carbonyl (C=O) groups is 3. The second-order valence-electron chi connectivity index (χ2n) is 11.7. The molecule has 2 aromatic rings. The summed E-state index contributed by atoms with van der Waals surface area (Å²) in [4.78, 5) is 42.1. The number of hydrazone groups is 1. The summed E-state index contributed by atoms with van der Waals surface area (Å²) < 4.78 is 29.6. The summed E-state index contributed by atoms with van der Waals surface area (Å²) in [5.74, 6) is 2.80. The lowest BCUT2D eigenvalue weighted by Gasteiger charge is -2.39. The average Bonchev–Trinajstić information content (AvgIpc) is 3.45. The number of Topliss-reactive ketones (excluding diaryl/α,β-unsaturated/α-hetero) is 1. The fourth-order valence-electron chi connectivity index (χ4n) is 5.42. The summed E-state index contributed by atoms with van der Waals surface area (Å²) in [5, 5.41) is 15.4. The van der Waals surface area contributed by atoms with Crippen LogP contribution in [0.2, 0.25) is 0 Å². The SMILES string of the molecule is CCCC(CC(C)C)(C(=O)NN)C(=O)[C@@H]([C@H](C/C=C/c1ccccc1)C(=O)NO)N1CN(C)C=N1.Cc1ccc(S(=O)(=O)O)cc1. The number of carbonyl (C=O) groups excluding carboxylic acids is 3. The second kappa shape index (κ2) is 17.5. The van der Waals surface area contributed by atoms with Gasteiger partial charge in [-0.05, 0) is 49.8 Å². The van der Waals surface area contributed by atoms with Gasteiger partial charge in [-0.15, -0.1) is 0 Å². The van der Waals surface area contributed by atoms with E-state index in [2.05, 4.69) is 10.5 Å². The maximum absolute atomic E-state index is 14.3. The Kier molecular flexibility index (Phi) is 14.5. The number of benzene rings is 2. The van der Waals surface area contributed by atoms with Crippen LogP contribution in [0.15, 0.2) is 70.7 Å². The Labute approximate surface area is 271 Å². The van der Waals surface area contributed by atoms with E-state index in [-0.39, 0.29) is 36.7 Å². The summed E-state index contributed by atoms with van der Waals surface area (Å²) in [6, 6.07) is 14.4. The van der Waals surface area contributed by atoms with Gasteiger partial charge in [-0.2, -0.15) is 13.5 Å². The molecule has 1 heterocycles. The average molecular weight is 659 g/mol. The van der Waals surface area contributed by atoms with E-state index in [1.807, 2.05) is 64.1 Å². The third-order valence-electron chi connectivity index (χ3n) is 7.47. The van der Waals surface area contributed by atoms with Crippen LogP contribution in [0.25, 0.3) is 6.08 Å². The minimum Gasteiger partial charge on any atom is -0.345 e. The monoisotopic (exact) mass is 658 g/mol. The van der Waals surface area contributed by atoms with Gasteiger partial charge < -0.3 is 4.90 Å². The van der Waals surface area contributed by atoms with Crippen LogP contribution in [0.5, 0.6) is 0 Å². The zero-order valence-electron chi connectivity index (χ0n) is 27.0. The Morgan fingerprint density at radius 1 is 1.11 bits per heavy atom. The van der Waals surface area contributed by atoms with Gasteiger partial charge in [0.15, 0.2) is 5.78 Å². The Balaban J connectivity index is 0.000000562. The molecule has 6 N–H and O–H groups in total. The van der Waals surface area contributed by atoms with E-state index in [1.54, 1.807) is 42.0 Å². The molecule has 252 valence electrons. The molecule has 0 fully saturated rings. The number of nitrogens with zero attached hydrogens (tertiary/aromatic N) is 3. The summed E-state index contributed by atoms with van der Waals surface area (Å²) >= 11 is 0. The molecule has 2 amide bonds. The highest BCUT2D eigenvalue weighted by Crippen LogP contribution is 2.38. The van der Waals surface area contributed by atoms with E-state index in [0.29, 0.717) is 6.42 Å². The standard InChI is InChI=1S/C25H38N6O4.C7H8O3S/c1-5-14-25(15-18(2)3,24(34)28-26)22(32)21(31-17-30(4)16-27-31)20(23(33)29-35)13-9-12-19-10-7-6-8-11-19;1-6-2-4-7(5-3-6)11(8,9)10/h6-12,16,18,20-21,35H,5,13-15,17,26H2,1-4H3,(H,28,34)(H,29,33);2-5H,1H3,(H,8,9,10)/b12-9+;/t20-,21+,25?;/m0./s1. The zero-order valence-corrected chi connectivity index (χ0v) is 27.8. The molecule has 3 rings (SSSR count). The molecule has 0 bridgehead atoms. The van der Waals surface area contributed by atoms with Crippen molar-refractivity contribution in [1.82, 2.24) is 20.8 Å². The van der Waals surface area contributed by atoms with Crippen molar-refractivity contribution in [3.8, 4) is 0 Å². The number of nitrogens with one attached hydrogen (secondary N) is 2. The lowest BCUT2D eigenvalue weighted by molar-refractivity contribution is -0.153. The van der Waals surface area contributed by atoms with E-state index in [4.69, 9.17) is 10.4 Å². The molecule has 1 aliphatic heterocycles. The molecule has 46 heavy (non-hydrogen) atoms. The van der Waals surface area contributed by atoms with Gasteiger partial charge in [0.2, 0.25) is 11.8 Å². The van der Waals surface area contributed by atoms with Crippen LogP contribution >= 0.6 is 0 Å². The lowest BCUT2D eigenvalue weighted by Crippen LogP contribution is -2.59. The fraction of sp³-hybridized carbons (Fsp3) is 0.438. The first-order valence-corrected chi connectivity index (χ1v) is 16.4. The highest BCUT2D eigenvalue weighted by molar-refractivity contribution is 7.85. The van der Waals surface area contributed by atoms with Crippen LogP contribution in [0.3, 0.4) is 0 Å². The minimum atomic E-state index is -4.02. The third-order valence-corrected chi connectivity index (χ3v) is 8.34. The van der Waals surface area contributed by atoms with Crippen LogP contribution in [0.1, 0.15) is 57.6 Å². The predicted octanol–water partition coefficient (Wildman–Crippen LogP) is 3.36. The molecule has 0 radical (unpaired) electrons. The quantitative estimate of drug-likeness (QED) is 0.0502. The summed E-state index contributed by atoms with van der Waals surface area (Å²) in [6.07, 6.45) is 6.42. The predicted molar refractivity (Wildman–Crippen MR) is 175 cm³/mol. The van der Waals surface area contributed by atoms with Crippen molar-refractivity contribution >= 4 is 40.1 Å². The van der Waals surface area contributed by atoms with E-state index < -0.39 is 45.1 Å². The minimum absolute atomic E-state index is 0.0105. The van der Waals surface area contributed by atoms with Crippen LogP contribution in [-0.4, -0.2) is 71.8 Å². The first-order valence-electron chi connectivity index (χ1n) is 15.0. The number of nitrogens with two attached hydrogens (primary N) is 1. The Morgan fingerprint density at radius 3 is 2.22 bits per heavy atom. The first-order chi connectivity index (χ1) is 21.7. The number of rotatable bonds is 14. The van der Waals surface area contributed by atoms with Gasteiger partial charge in [0.25, 0.3) is 10.1 Å². The van der Waals surface area contributed by atoms with Crippen molar-refractivity contribution in [2.24, 2.45) is 28.2 Å². The molecule has 0 saturated heterocycles. The summed E-state index contributed by atoms with van der Waals surface area (Å²) in [5.41, 5.74) is 4.33. The first kappa shape index (κ1) is 38.1. The Hall–Kier alpha value is -4.11. The molecule has 2 aromatic carbocycles. The largest absolute Gasteiger partial charge is 0.345 e. The van der Waals surface area contributed by atoms with Gasteiger partial charge in [0.05, 0.1) is 10.8 Å². The summed E-state index contributed by atoms with van der Waals surface area (Å²) in [7, 11) is -2.23. The highest BCUT2D eigenvalue weighted by Gasteiger charge is 2.52. The number of allylic oxidation sites excluding steroid dienone is 1. The van der Waals surface area contributed by atoms with Crippen molar-refractivity contribution in [3.05, 3.63) is 71.8 Å². The van der Waals surface area contributed by atoms with Crippen molar-refractivity contribution in [2.75, 3.05) is 13.7 Å². The molecule has 0 aromatic heterocycles. The van der Waals surface area contributed by atoms with Gasteiger partial charge in [0.1, 0.15) is 24.5 Å². The smallest absolute Gasteiger partial charge is 0.294 e. The number of hydrazine groups is 1. The Morgan fingerprint density at radius 2 is 1.74 bits per heavy atom. The van der Waals surface area contributed by atoms with Crippen molar-refractivity contribution in [3.63, 3.8) is 0 Å².